The van der Waals surface area contributed by atoms with Gasteiger partial charge in [-0.2, -0.15) is 0 Å². The minimum absolute atomic E-state index is 0.599. The van der Waals surface area contributed by atoms with Crippen LogP contribution in [0.15, 0.2) is 30.7 Å². The van der Waals surface area contributed by atoms with Crippen LogP contribution in [-0.4, -0.2) is 14.7 Å². The van der Waals surface area contributed by atoms with E-state index in [2.05, 4.69) is 31.8 Å². The summed E-state index contributed by atoms with van der Waals surface area (Å²) in [5, 5.41) is 10.4. The summed E-state index contributed by atoms with van der Waals surface area (Å²) in [4.78, 5) is 4.13. The van der Waals surface area contributed by atoms with Crippen LogP contribution in [0.25, 0.3) is 0 Å². The first-order valence-corrected chi connectivity index (χ1v) is 6.38. The van der Waals surface area contributed by atoms with E-state index in [0.717, 1.165) is 24.2 Å². The Morgan fingerprint density at radius 1 is 1.28 bits per heavy atom. The number of aryl methyl sites for hydroxylation is 3. The normalized spacial score (nSPS) is 12.7. The Morgan fingerprint density at radius 3 is 2.72 bits per heavy atom. The highest BCUT2D eigenvalue weighted by molar-refractivity contribution is 5.33. The zero-order chi connectivity index (χ0) is 13.1. The van der Waals surface area contributed by atoms with Crippen molar-refractivity contribution in [2.75, 3.05) is 0 Å². The van der Waals surface area contributed by atoms with E-state index >= 15 is 0 Å². The molecule has 1 N–H and O–H groups in total. The van der Waals surface area contributed by atoms with Gasteiger partial charge in [-0.05, 0) is 37.0 Å². The molecule has 2 aromatic rings. The minimum Gasteiger partial charge on any atom is -0.382 e. The van der Waals surface area contributed by atoms with Crippen LogP contribution < -0.4 is 0 Å². The van der Waals surface area contributed by atoms with Crippen molar-refractivity contribution in [1.82, 2.24) is 9.55 Å². The molecule has 0 fully saturated rings. The van der Waals surface area contributed by atoms with Gasteiger partial charge in [-0.15, -0.1) is 0 Å². The lowest BCUT2D eigenvalue weighted by atomic mass is 10.0. The Bertz CT molecular complexity index is 531. The van der Waals surface area contributed by atoms with Crippen molar-refractivity contribution in [3.63, 3.8) is 0 Å². The van der Waals surface area contributed by atoms with Gasteiger partial charge in [0, 0.05) is 6.54 Å². The van der Waals surface area contributed by atoms with E-state index in [4.69, 9.17) is 0 Å². The summed E-state index contributed by atoms with van der Waals surface area (Å²) in [5.74, 6) is 0. The predicted molar refractivity (Wildman–Crippen MR) is 72.5 cm³/mol. The zero-order valence-corrected chi connectivity index (χ0v) is 11.2. The van der Waals surface area contributed by atoms with Gasteiger partial charge in [-0.3, -0.25) is 0 Å². The molecular weight excluding hydrogens is 224 g/mol. The Hall–Kier alpha value is -1.61. The summed E-state index contributed by atoms with van der Waals surface area (Å²) in [6.07, 6.45) is 3.96. The van der Waals surface area contributed by atoms with Crippen molar-refractivity contribution >= 4 is 0 Å². The quantitative estimate of drug-likeness (QED) is 0.897. The van der Waals surface area contributed by atoms with Gasteiger partial charge in [0.2, 0.25) is 0 Å². The van der Waals surface area contributed by atoms with E-state index in [1.54, 1.807) is 12.5 Å². The molecule has 3 heteroatoms. The summed E-state index contributed by atoms with van der Waals surface area (Å²) < 4.78 is 2.01. The lowest BCUT2D eigenvalue weighted by Gasteiger charge is -2.15. The summed E-state index contributed by atoms with van der Waals surface area (Å²) in [6, 6.07) is 6.08. The largest absolute Gasteiger partial charge is 0.382 e. The fraction of sp³-hybridized carbons (Fsp3) is 0.400. The number of rotatable bonds is 4. The van der Waals surface area contributed by atoms with E-state index in [-0.39, 0.29) is 0 Å². The predicted octanol–water partition coefficient (Wildman–Crippen LogP) is 2.99. The van der Waals surface area contributed by atoms with Gasteiger partial charge in [-0.25, -0.2) is 4.98 Å². The lowest BCUT2D eigenvalue weighted by Crippen LogP contribution is -2.08. The smallest absolute Gasteiger partial charge is 0.121 e. The third-order valence-electron chi connectivity index (χ3n) is 3.34. The Kier molecular flexibility index (Phi) is 3.82. The van der Waals surface area contributed by atoms with E-state index in [1.165, 1.54) is 11.1 Å². The van der Waals surface area contributed by atoms with Gasteiger partial charge in [0.1, 0.15) is 6.10 Å². The minimum atomic E-state index is -0.599. The number of aliphatic hydroxyl groups is 1. The molecule has 0 saturated heterocycles. The number of aliphatic hydroxyl groups excluding tert-OH is 1. The second-order valence-corrected chi connectivity index (χ2v) is 4.76. The molecule has 0 amide bonds. The number of benzene rings is 1. The van der Waals surface area contributed by atoms with Crippen LogP contribution in [0.3, 0.4) is 0 Å². The monoisotopic (exact) mass is 244 g/mol. The Labute approximate surface area is 108 Å². The number of hydrogen-bond acceptors (Lipinski definition) is 2. The average molecular weight is 244 g/mol. The van der Waals surface area contributed by atoms with Crippen LogP contribution in [0.4, 0.5) is 0 Å². The first kappa shape index (κ1) is 12.8. The molecule has 1 aromatic carbocycles. The molecule has 1 heterocycles. The van der Waals surface area contributed by atoms with Gasteiger partial charge in [0.25, 0.3) is 0 Å². The van der Waals surface area contributed by atoms with Gasteiger partial charge in [-0.1, -0.05) is 25.1 Å². The number of imidazole rings is 1. The SMILES string of the molecule is CCCn1cncc1C(O)c1ccc(C)c(C)c1. The van der Waals surface area contributed by atoms with Crippen molar-refractivity contribution in [1.29, 1.82) is 0 Å². The molecule has 0 aliphatic heterocycles. The molecule has 0 saturated carbocycles. The first-order valence-electron chi connectivity index (χ1n) is 6.38. The van der Waals surface area contributed by atoms with Gasteiger partial charge < -0.3 is 9.67 Å². The summed E-state index contributed by atoms with van der Waals surface area (Å²) in [7, 11) is 0. The van der Waals surface area contributed by atoms with Crippen molar-refractivity contribution in [3.05, 3.63) is 53.1 Å². The third-order valence-corrected chi connectivity index (χ3v) is 3.34. The fourth-order valence-corrected chi connectivity index (χ4v) is 2.09. The second kappa shape index (κ2) is 5.36. The topological polar surface area (TPSA) is 38.0 Å². The Morgan fingerprint density at radius 2 is 2.06 bits per heavy atom. The molecule has 0 bridgehead atoms. The van der Waals surface area contributed by atoms with E-state index < -0.39 is 6.10 Å². The van der Waals surface area contributed by atoms with E-state index in [9.17, 15) is 5.11 Å². The Balaban J connectivity index is 2.32. The lowest BCUT2D eigenvalue weighted by molar-refractivity contribution is 0.209. The molecule has 1 atom stereocenters. The molecule has 18 heavy (non-hydrogen) atoms. The molecule has 0 spiro atoms. The zero-order valence-electron chi connectivity index (χ0n) is 11.2. The highest BCUT2D eigenvalue weighted by Gasteiger charge is 2.15. The fourth-order valence-electron chi connectivity index (χ4n) is 2.09. The maximum Gasteiger partial charge on any atom is 0.121 e. The van der Waals surface area contributed by atoms with Gasteiger partial charge >= 0.3 is 0 Å². The molecule has 2 rings (SSSR count). The molecule has 0 aliphatic carbocycles. The first-order chi connectivity index (χ1) is 8.63. The molecule has 96 valence electrons. The number of nitrogens with zero attached hydrogens (tertiary/aromatic N) is 2. The molecule has 0 aliphatic rings. The van der Waals surface area contributed by atoms with E-state index in [0.29, 0.717) is 0 Å². The maximum absolute atomic E-state index is 10.4. The second-order valence-electron chi connectivity index (χ2n) is 4.76. The standard InChI is InChI=1S/C15H20N2O/c1-4-7-17-10-16-9-14(17)15(18)13-6-5-11(2)12(3)8-13/h5-6,8-10,15,18H,4,7H2,1-3H3. The maximum atomic E-state index is 10.4. The van der Waals surface area contributed by atoms with Gasteiger partial charge in [0.05, 0.1) is 18.2 Å². The van der Waals surface area contributed by atoms with Crippen LogP contribution in [0.5, 0.6) is 0 Å². The van der Waals surface area contributed by atoms with Crippen LogP contribution in [0, 0.1) is 13.8 Å². The molecular formula is C15H20N2O. The van der Waals surface area contributed by atoms with Crippen LogP contribution in [0.2, 0.25) is 0 Å². The summed E-state index contributed by atoms with van der Waals surface area (Å²) >= 11 is 0. The molecule has 1 aromatic heterocycles. The summed E-state index contributed by atoms with van der Waals surface area (Å²) in [5.41, 5.74) is 4.23. The van der Waals surface area contributed by atoms with Crippen molar-refractivity contribution in [2.24, 2.45) is 0 Å². The van der Waals surface area contributed by atoms with E-state index in [1.807, 2.05) is 16.7 Å². The van der Waals surface area contributed by atoms with Crippen LogP contribution in [0.1, 0.15) is 41.8 Å². The summed E-state index contributed by atoms with van der Waals surface area (Å²) in [6.45, 7) is 7.14. The number of aromatic nitrogens is 2. The van der Waals surface area contributed by atoms with Crippen LogP contribution in [-0.2, 0) is 6.54 Å². The third kappa shape index (κ3) is 2.46. The average Bonchev–Trinajstić information content (AvgIpc) is 2.80. The van der Waals surface area contributed by atoms with Crippen molar-refractivity contribution < 1.29 is 5.11 Å². The highest BCUT2D eigenvalue weighted by atomic mass is 16.3. The molecule has 0 radical (unpaired) electrons. The molecule has 1 unspecified atom stereocenters. The number of hydrogen-bond donors (Lipinski definition) is 1. The molecule has 3 nitrogen and oxygen atoms in total. The highest BCUT2D eigenvalue weighted by Crippen LogP contribution is 2.23. The van der Waals surface area contributed by atoms with Crippen LogP contribution >= 0.6 is 0 Å². The van der Waals surface area contributed by atoms with Crippen molar-refractivity contribution in [2.45, 2.75) is 39.8 Å². The van der Waals surface area contributed by atoms with Crippen molar-refractivity contribution in [3.8, 4) is 0 Å². The van der Waals surface area contributed by atoms with Gasteiger partial charge in [0.15, 0.2) is 0 Å².